The van der Waals surface area contributed by atoms with Gasteiger partial charge in [0.25, 0.3) is 0 Å². The first kappa shape index (κ1) is 18.5. The van der Waals surface area contributed by atoms with Gasteiger partial charge in [0.1, 0.15) is 0 Å². The fraction of sp³-hybridized carbons (Fsp3) is 0.381. The first-order valence-corrected chi connectivity index (χ1v) is 9.35. The van der Waals surface area contributed by atoms with Gasteiger partial charge in [-0.05, 0) is 36.5 Å². The van der Waals surface area contributed by atoms with Crippen LogP contribution in [0.25, 0.3) is 0 Å². The smallest absolute Gasteiger partial charge is 0.303 e. The second-order valence-corrected chi connectivity index (χ2v) is 7.13. The first-order valence-electron chi connectivity index (χ1n) is 8.94. The lowest BCUT2D eigenvalue weighted by molar-refractivity contribution is -0.169. The topological polar surface area (TPSA) is 51.2 Å². The average Bonchev–Trinajstić information content (AvgIpc) is 2.68. The summed E-state index contributed by atoms with van der Waals surface area (Å²) in [7, 11) is 1.83. The zero-order valence-electron chi connectivity index (χ0n) is 15.2. The molecule has 0 aliphatic heterocycles. The molecule has 1 fully saturated rings. The maximum absolute atomic E-state index is 12.2. The Hall–Kier alpha value is -2.27. The lowest BCUT2D eigenvalue weighted by Crippen LogP contribution is -2.60. The van der Waals surface area contributed by atoms with E-state index in [9.17, 15) is 4.79 Å². The molecular formula is C21H24N2O2S. The highest BCUT2D eigenvalue weighted by Crippen LogP contribution is 2.55. The van der Waals surface area contributed by atoms with Crippen LogP contribution in [0.5, 0.6) is 0 Å². The number of pyridine rings is 1. The quantitative estimate of drug-likeness (QED) is 0.655. The van der Waals surface area contributed by atoms with E-state index in [1.807, 2.05) is 55.7 Å². The lowest BCUT2D eigenvalue weighted by Gasteiger charge is -2.53. The molecule has 26 heavy (non-hydrogen) atoms. The number of ether oxygens (including phenoxy) is 1. The predicted molar refractivity (Wildman–Crippen MR) is 106 cm³/mol. The molecule has 0 amide bonds. The highest BCUT2D eigenvalue weighted by molar-refractivity contribution is 7.80. The van der Waals surface area contributed by atoms with Gasteiger partial charge in [0, 0.05) is 26.4 Å². The summed E-state index contributed by atoms with van der Waals surface area (Å²) in [6, 6.07) is 13.9. The van der Waals surface area contributed by atoms with Gasteiger partial charge in [0.05, 0.1) is 10.4 Å². The van der Waals surface area contributed by atoms with Crippen molar-refractivity contribution in [2.45, 2.75) is 43.6 Å². The van der Waals surface area contributed by atoms with Crippen LogP contribution in [-0.4, -0.2) is 23.0 Å². The summed E-state index contributed by atoms with van der Waals surface area (Å²) in [5, 5.41) is 3.18. The van der Waals surface area contributed by atoms with Crippen LogP contribution in [0.2, 0.25) is 0 Å². The van der Waals surface area contributed by atoms with Crippen molar-refractivity contribution >= 4 is 23.2 Å². The molecular weight excluding hydrogens is 344 g/mol. The molecule has 2 aromatic rings. The third-order valence-corrected chi connectivity index (χ3v) is 5.90. The summed E-state index contributed by atoms with van der Waals surface area (Å²) in [5.41, 5.74) is 0.429. The number of benzene rings is 1. The third kappa shape index (κ3) is 2.90. The van der Waals surface area contributed by atoms with E-state index < -0.39 is 11.0 Å². The number of thiocarbonyl (C=S) groups is 1. The number of likely N-dealkylation sites (N-methyl/N-ethyl adjacent to an activating group) is 1. The van der Waals surface area contributed by atoms with Crippen LogP contribution in [0.1, 0.15) is 43.7 Å². The van der Waals surface area contributed by atoms with Crippen molar-refractivity contribution in [1.82, 2.24) is 10.3 Å². The molecule has 1 aliphatic carbocycles. The zero-order chi connectivity index (χ0) is 18.6. The maximum atomic E-state index is 12.2. The van der Waals surface area contributed by atoms with Gasteiger partial charge in [-0.3, -0.25) is 9.78 Å². The number of nitrogens with zero attached hydrogens (tertiary/aromatic N) is 1. The summed E-state index contributed by atoms with van der Waals surface area (Å²) < 4.78 is 6.16. The molecule has 1 aromatic heterocycles. The number of rotatable bonds is 4. The Kier molecular flexibility index (Phi) is 5.37. The van der Waals surface area contributed by atoms with Gasteiger partial charge in [0.2, 0.25) is 0 Å². The monoisotopic (exact) mass is 368 g/mol. The Morgan fingerprint density at radius 1 is 1.12 bits per heavy atom. The Balaban J connectivity index is 2.33. The minimum atomic E-state index is -0.860. The SMILES string of the molecule is CNC(=S)C1(c2cccnc2)CCCCC1(OC(C)=O)c1ccccc1. The molecule has 136 valence electrons. The van der Waals surface area contributed by atoms with Gasteiger partial charge in [0.15, 0.2) is 5.60 Å². The maximum Gasteiger partial charge on any atom is 0.303 e. The molecule has 1 N–H and O–H groups in total. The van der Waals surface area contributed by atoms with Gasteiger partial charge in [-0.1, -0.05) is 55.0 Å². The number of hydrogen-bond donors (Lipinski definition) is 1. The minimum Gasteiger partial charge on any atom is -0.453 e. The largest absolute Gasteiger partial charge is 0.453 e. The Morgan fingerprint density at radius 2 is 1.81 bits per heavy atom. The van der Waals surface area contributed by atoms with Crippen LogP contribution in [0.4, 0.5) is 0 Å². The van der Waals surface area contributed by atoms with Crippen molar-refractivity contribution in [1.29, 1.82) is 0 Å². The van der Waals surface area contributed by atoms with E-state index in [0.29, 0.717) is 11.4 Å². The van der Waals surface area contributed by atoms with E-state index in [4.69, 9.17) is 17.0 Å². The highest BCUT2D eigenvalue weighted by atomic mass is 32.1. The summed E-state index contributed by atoms with van der Waals surface area (Å²) in [4.78, 5) is 17.2. The second kappa shape index (κ2) is 7.54. The van der Waals surface area contributed by atoms with Crippen LogP contribution in [-0.2, 0) is 20.5 Å². The number of esters is 1. The van der Waals surface area contributed by atoms with Crippen molar-refractivity contribution in [2.24, 2.45) is 0 Å². The Morgan fingerprint density at radius 3 is 2.42 bits per heavy atom. The third-order valence-electron chi connectivity index (χ3n) is 5.35. The van der Waals surface area contributed by atoms with Crippen LogP contribution >= 0.6 is 12.2 Å². The molecule has 0 spiro atoms. The van der Waals surface area contributed by atoms with Gasteiger partial charge < -0.3 is 10.1 Å². The predicted octanol–water partition coefficient (Wildman–Crippen LogP) is 3.90. The summed E-state index contributed by atoms with van der Waals surface area (Å²) in [6.07, 6.45) is 7.07. The van der Waals surface area contributed by atoms with E-state index in [2.05, 4.69) is 10.3 Å². The second-order valence-electron chi connectivity index (χ2n) is 6.72. The van der Waals surface area contributed by atoms with Crippen LogP contribution < -0.4 is 5.32 Å². The van der Waals surface area contributed by atoms with Crippen molar-refractivity contribution in [3.05, 3.63) is 66.0 Å². The van der Waals surface area contributed by atoms with E-state index in [-0.39, 0.29) is 5.97 Å². The molecule has 3 rings (SSSR count). The van der Waals surface area contributed by atoms with Crippen molar-refractivity contribution in [3.8, 4) is 0 Å². The number of hydrogen-bond acceptors (Lipinski definition) is 4. The Bertz CT molecular complexity index is 781. The molecule has 0 bridgehead atoms. The lowest BCUT2D eigenvalue weighted by atomic mass is 9.57. The van der Waals surface area contributed by atoms with Crippen molar-refractivity contribution < 1.29 is 9.53 Å². The molecule has 0 radical (unpaired) electrons. The van der Waals surface area contributed by atoms with E-state index in [0.717, 1.165) is 30.4 Å². The number of carbonyl (C=O) groups excluding carboxylic acids is 1. The summed E-state index contributed by atoms with van der Waals surface area (Å²) in [5.74, 6) is -0.303. The zero-order valence-corrected chi connectivity index (χ0v) is 16.0. The highest BCUT2D eigenvalue weighted by Gasteiger charge is 2.60. The standard InChI is InChI=1S/C21H24N2O2S/c1-16(24)25-21(17-9-4-3-5-10-17)13-7-6-12-20(21,19(26)22-2)18-11-8-14-23-15-18/h3-5,8-11,14-15H,6-7,12-13H2,1-2H3,(H,22,26). The number of aromatic nitrogens is 1. The summed E-state index contributed by atoms with van der Waals surface area (Å²) >= 11 is 5.84. The summed E-state index contributed by atoms with van der Waals surface area (Å²) in [6.45, 7) is 1.47. The molecule has 1 aliphatic rings. The molecule has 2 atom stereocenters. The first-order chi connectivity index (χ1) is 12.6. The normalized spacial score (nSPS) is 25.3. The van der Waals surface area contributed by atoms with E-state index in [1.165, 1.54) is 6.92 Å². The van der Waals surface area contributed by atoms with Crippen LogP contribution in [0.15, 0.2) is 54.9 Å². The molecule has 1 aromatic carbocycles. The fourth-order valence-electron chi connectivity index (χ4n) is 4.35. The van der Waals surface area contributed by atoms with Gasteiger partial charge in [-0.15, -0.1) is 0 Å². The van der Waals surface area contributed by atoms with Gasteiger partial charge in [-0.2, -0.15) is 0 Å². The molecule has 2 unspecified atom stereocenters. The van der Waals surface area contributed by atoms with Crippen molar-refractivity contribution in [2.75, 3.05) is 7.05 Å². The fourth-order valence-corrected chi connectivity index (χ4v) is 4.74. The number of nitrogens with one attached hydrogen (secondary N) is 1. The minimum absolute atomic E-state index is 0.303. The van der Waals surface area contributed by atoms with Crippen LogP contribution in [0.3, 0.4) is 0 Å². The van der Waals surface area contributed by atoms with E-state index in [1.54, 1.807) is 6.20 Å². The molecule has 1 heterocycles. The molecule has 0 saturated heterocycles. The average molecular weight is 369 g/mol. The number of carbonyl (C=O) groups is 1. The van der Waals surface area contributed by atoms with Crippen molar-refractivity contribution in [3.63, 3.8) is 0 Å². The van der Waals surface area contributed by atoms with Crippen LogP contribution in [0, 0.1) is 0 Å². The van der Waals surface area contributed by atoms with Gasteiger partial charge >= 0.3 is 5.97 Å². The van der Waals surface area contributed by atoms with E-state index >= 15 is 0 Å². The molecule has 1 saturated carbocycles. The Labute approximate surface area is 160 Å². The molecule has 4 nitrogen and oxygen atoms in total. The van der Waals surface area contributed by atoms with Gasteiger partial charge in [-0.25, -0.2) is 0 Å². The molecule has 5 heteroatoms.